The lowest BCUT2D eigenvalue weighted by Crippen LogP contribution is -2.63. The minimum Gasteiger partial charge on any atom is -0.387 e. The van der Waals surface area contributed by atoms with Crippen LogP contribution in [0.2, 0.25) is 0 Å². The molecule has 1 fully saturated rings. The van der Waals surface area contributed by atoms with Crippen molar-refractivity contribution in [3.05, 3.63) is 0 Å². The van der Waals surface area contributed by atoms with E-state index in [1.165, 1.54) is 0 Å². The Balaban J connectivity index is -0.0000000808. The number of rotatable bonds is 0. The van der Waals surface area contributed by atoms with Gasteiger partial charge in [0.1, 0.15) is 36.6 Å². The molecule has 296 valence electrons. The van der Waals surface area contributed by atoms with E-state index in [9.17, 15) is 0 Å². The summed E-state index contributed by atoms with van der Waals surface area (Å²) in [6, 6.07) is 0. The molecule has 27 N–H and O–H groups in total. The van der Waals surface area contributed by atoms with Gasteiger partial charge in [0, 0.05) is 0 Å². The first-order valence-electron chi connectivity index (χ1n) is 9.03. The summed E-state index contributed by atoms with van der Waals surface area (Å²) in [4.78, 5) is 151. The molecule has 1 saturated carbocycles. The summed E-state index contributed by atoms with van der Waals surface area (Å²) >= 11 is 0. The van der Waals surface area contributed by atoms with Gasteiger partial charge in [0.15, 0.2) is 0 Å². The largest absolute Gasteiger partial charge is 0.466 e. The highest BCUT2D eigenvalue weighted by Crippen LogP contribution is 2.28. The number of hydrogen-bond donors (Lipinski definition) is 27. The Bertz CT molecular complexity index is 793. The van der Waals surface area contributed by atoms with Crippen LogP contribution in [-0.4, -0.2) is 170 Å². The molecule has 0 saturated heterocycles. The van der Waals surface area contributed by atoms with Gasteiger partial charge in [-0.2, -0.15) is 0 Å². The van der Waals surface area contributed by atoms with Crippen LogP contribution in [0.5, 0.6) is 0 Å². The second kappa shape index (κ2) is 26.3. The van der Waals surface area contributed by atoms with E-state index in [4.69, 9.17) is 165 Å². The van der Waals surface area contributed by atoms with Gasteiger partial charge >= 0.3 is 54.8 Å². The topological polar surface area (TPSA) is 666 Å². The number of phosphoric acid groups is 7. The molecule has 0 aromatic carbocycles. The van der Waals surface area contributed by atoms with Crippen molar-refractivity contribution in [2.45, 2.75) is 36.6 Å². The minimum absolute atomic E-state index is 1.64. The van der Waals surface area contributed by atoms with Crippen LogP contribution >= 0.6 is 54.8 Å². The fraction of sp³-hybridized carbons (Fsp3) is 1.00. The minimum atomic E-state index is -4.64. The van der Waals surface area contributed by atoms with Gasteiger partial charge in [-0.1, -0.05) is 0 Å². The van der Waals surface area contributed by atoms with Gasteiger partial charge in [-0.05, 0) is 0 Å². The van der Waals surface area contributed by atoms with Crippen LogP contribution in [-0.2, 0) is 32.0 Å². The van der Waals surface area contributed by atoms with Crippen molar-refractivity contribution in [1.29, 1.82) is 0 Å². The third-order valence-corrected chi connectivity index (χ3v) is 2.10. The van der Waals surface area contributed by atoms with E-state index in [-0.39, 0.29) is 0 Å². The maximum atomic E-state index is 8.97. The summed E-state index contributed by atoms with van der Waals surface area (Å²) in [6.07, 6.45) is -9.84. The van der Waals surface area contributed by atoms with Crippen molar-refractivity contribution in [2.75, 3.05) is 0 Å². The SMILES string of the molecule is O=P(O)(O)O.O=P(O)(O)O.O=P(O)(O)O.O=P(O)(O)O.O=P(O)(O)O.O=P(O)(O)O.O=P(O)(O)O.OC1C(O)C(O)C(O)C(O)C1O. The fourth-order valence-electron chi connectivity index (χ4n) is 1.21. The first kappa shape index (κ1) is 62.6. The van der Waals surface area contributed by atoms with Gasteiger partial charge in [0.25, 0.3) is 0 Å². The van der Waals surface area contributed by atoms with Gasteiger partial charge in [0.2, 0.25) is 0 Å². The summed E-state index contributed by atoms with van der Waals surface area (Å²) in [5, 5.41) is 53.8. The van der Waals surface area contributed by atoms with E-state index >= 15 is 0 Å². The zero-order valence-electron chi connectivity index (χ0n) is 21.5. The quantitative estimate of drug-likeness (QED) is 0.101. The standard InChI is InChI=1S/C6H12O6.7H3O4P/c7-1-2(8)4(10)6(12)5(11)3(1)9;7*1-5(2,3)4/h1-12H;7*(H3,1,2,3,4). The molecular weight excluding hydrogens is 833 g/mol. The van der Waals surface area contributed by atoms with Gasteiger partial charge in [-0.15, -0.1) is 0 Å². The maximum Gasteiger partial charge on any atom is 0.466 e. The lowest BCUT2D eigenvalue weighted by Gasteiger charge is -2.39. The number of aliphatic hydroxyl groups excluding tert-OH is 6. The molecule has 41 heteroatoms. The van der Waals surface area contributed by atoms with E-state index in [0.29, 0.717) is 0 Å². The molecule has 0 radical (unpaired) electrons. The molecule has 47 heavy (non-hydrogen) atoms. The average Bonchev–Trinajstić information content (AvgIpc) is 2.60. The molecule has 0 aliphatic heterocycles. The Morgan fingerprint density at radius 2 is 0.213 bits per heavy atom. The predicted molar refractivity (Wildman–Crippen MR) is 136 cm³/mol. The number of aliphatic hydroxyl groups is 6. The van der Waals surface area contributed by atoms with E-state index in [0.717, 1.165) is 0 Å². The molecule has 1 aliphatic carbocycles. The lowest BCUT2D eigenvalue weighted by molar-refractivity contribution is -0.223. The lowest BCUT2D eigenvalue weighted by atomic mass is 9.85. The molecule has 0 spiro atoms. The Labute approximate surface area is 257 Å². The molecule has 0 amide bonds. The van der Waals surface area contributed by atoms with Gasteiger partial charge in [0.05, 0.1) is 0 Å². The van der Waals surface area contributed by atoms with Crippen LogP contribution < -0.4 is 0 Å². The second-order valence-corrected chi connectivity index (χ2v) is 13.7. The first-order chi connectivity index (χ1) is 19.5. The van der Waals surface area contributed by atoms with Crippen LogP contribution in [0.3, 0.4) is 0 Å². The smallest absolute Gasteiger partial charge is 0.387 e. The van der Waals surface area contributed by atoms with Gasteiger partial charge in [-0.3, -0.25) is 0 Å². The summed E-state index contributed by atoms with van der Waals surface area (Å²) in [5.74, 6) is 0. The van der Waals surface area contributed by atoms with Gasteiger partial charge < -0.3 is 133 Å². The van der Waals surface area contributed by atoms with Crippen LogP contribution in [0.4, 0.5) is 0 Å². The van der Waals surface area contributed by atoms with Gasteiger partial charge in [-0.25, -0.2) is 32.0 Å². The molecule has 0 bridgehead atoms. The highest BCUT2D eigenvalue weighted by molar-refractivity contribution is 7.46. The zero-order valence-corrected chi connectivity index (χ0v) is 27.8. The van der Waals surface area contributed by atoms with Crippen LogP contribution in [0.1, 0.15) is 0 Å². The fourth-order valence-corrected chi connectivity index (χ4v) is 1.21. The summed E-state index contributed by atoms with van der Waals surface area (Å²) in [6.45, 7) is 0. The van der Waals surface area contributed by atoms with E-state index in [1.807, 2.05) is 0 Å². The normalized spacial score (nSPS) is 23.0. The first-order valence-corrected chi connectivity index (χ1v) is 20.0. The van der Waals surface area contributed by atoms with Crippen molar-refractivity contribution in [2.24, 2.45) is 0 Å². The highest BCUT2D eigenvalue weighted by Gasteiger charge is 2.47. The zero-order chi connectivity index (χ0) is 41.0. The third-order valence-electron chi connectivity index (χ3n) is 2.10. The van der Waals surface area contributed by atoms with Crippen molar-refractivity contribution >= 4 is 54.8 Å². The molecule has 0 aromatic heterocycles. The predicted octanol–water partition coefficient (Wildman–Crippen LogP) is -10.3. The number of hydrogen-bond acceptors (Lipinski definition) is 13. The van der Waals surface area contributed by atoms with Crippen molar-refractivity contribution in [1.82, 2.24) is 0 Å². The summed E-state index contributed by atoms with van der Waals surface area (Å²) < 4.78 is 62.2. The highest BCUT2D eigenvalue weighted by atomic mass is 31.2. The van der Waals surface area contributed by atoms with E-state index in [2.05, 4.69) is 0 Å². The van der Waals surface area contributed by atoms with Crippen molar-refractivity contribution in [3.8, 4) is 0 Å². The third kappa shape index (κ3) is 153. The molecule has 0 atom stereocenters. The van der Waals surface area contributed by atoms with E-state index < -0.39 is 91.4 Å². The molecule has 0 aromatic rings. The summed E-state index contributed by atoms with van der Waals surface area (Å²) in [5.41, 5.74) is 0. The van der Waals surface area contributed by atoms with E-state index in [1.54, 1.807) is 0 Å². The maximum absolute atomic E-state index is 8.97. The average molecular weight is 866 g/mol. The van der Waals surface area contributed by atoms with Crippen LogP contribution in [0, 0.1) is 0 Å². The van der Waals surface area contributed by atoms with Crippen molar-refractivity contribution in [3.63, 3.8) is 0 Å². The molecule has 34 nitrogen and oxygen atoms in total. The van der Waals surface area contributed by atoms with Crippen molar-refractivity contribution < 1.29 is 165 Å². The molecule has 0 heterocycles. The molecule has 0 unspecified atom stereocenters. The Kier molecular flexibility index (Phi) is 35.1. The molecular formula is C6H33O34P7. The Morgan fingerprint density at radius 1 is 0.191 bits per heavy atom. The Hall–Kier alpha value is 0.530. The summed E-state index contributed by atoms with van der Waals surface area (Å²) in [7, 11) is -32.5. The molecule has 1 aliphatic rings. The van der Waals surface area contributed by atoms with Crippen LogP contribution in [0.15, 0.2) is 0 Å². The monoisotopic (exact) mass is 866 g/mol. The van der Waals surface area contributed by atoms with Crippen LogP contribution in [0.25, 0.3) is 0 Å². The Morgan fingerprint density at radius 3 is 0.234 bits per heavy atom. The second-order valence-electron chi connectivity index (χ2n) is 6.54. The molecule has 1 rings (SSSR count).